The van der Waals surface area contributed by atoms with Crippen LogP contribution in [0.25, 0.3) is 0 Å². The Morgan fingerprint density at radius 3 is 3.04 bits per heavy atom. The number of likely N-dealkylation sites (tertiary alicyclic amines) is 1. The number of carboxylic acid groups (broad SMARTS) is 1. The number of hydrogen-bond donors (Lipinski definition) is 2. The first kappa shape index (κ1) is 17.4. The summed E-state index contributed by atoms with van der Waals surface area (Å²) in [6.45, 7) is 5.03. The highest BCUT2D eigenvalue weighted by Crippen LogP contribution is 2.15. The van der Waals surface area contributed by atoms with Gasteiger partial charge in [0.25, 0.3) is 0 Å². The Labute approximate surface area is 136 Å². The van der Waals surface area contributed by atoms with Gasteiger partial charge in [0.2, 0.25) is 5.91 Å². The Bertz CT molecular complexity index is 548. The smallest absolute Gasteiger partial charge is 0.335 e. The fourth-order valence-electron chi connectivity index (χ4n) is 3.04. The first-order valence-corrected chi connectivity index (χ1v) is 8.29. The lowest BCUT2D eigenvalue weighted by molar-refractivity contribution is -0.121. The van der Waals surface area contributed by atoms with Crippen LogP contribution in [0.5, 0.6) is 0 Å². The SMILES string of the molecule is CCN1CCCC1CNC(=O)CCCc1cc(C(=O)O)ccn1. The highest BCUT2D eigenvalue weighted by Gasteiger charge is 2.22. The van der Waals surface area contributed by atoms with Gasteiger partial charge in [0.1, 0.15) is 0 Å². The molecule has 1 fully saturated rings. The second-order valence-corrected chi connectivity index (χ2v) is 5.92. The minimum Gasteiger partial charge on any atom is -0.478 e. The number of likely N-dealkylation sites (N-methyl/N-ethyl adjacent to an activating group) is 1. The number of aromatic carboxylic acids is 1. The molecular weight excluding hydrogens is 294 g/mol. The predicted octanol–water partition coefficient (Wildman–Crippen LogP) is 1.70. The Kier molecular flexibility index (Phi) is 6.52. The molecule has 1 aromatic heterocycles. The minimum atomic E-state index is -0.955. The number of pyridine rings is 1. The van der Waals surface area contributed by atoms with E-state index in [1.54, 1.807) is 6.07 Å². The van der Waals surface area contributed by atoms with E-state index in [9.17, 15) is 9.59 Å². The van der Waals surface area contributed by atoms with E-state index in [2.05, 4.69) is 22.1 Å². The van der Waals surface area contributed by atoms with Crippen molar-refractivity contribution in [3.8, 4) is 0 Å². The number of nitrogens with zero attached hydrogens (tertiary/aromatic N) is 2. The highest BCUT2D eigenvalue weighted by atomic mass is 16.4. The van der Waals surface area contributed by atoms with Crippen LogP contribution in [-0.4, -0.2) is 52.5 Å². The van der Waals surface area contributed by atoms with Gasteiger partial charge in [0.15, 0.2) is 0 Å². The number of aryl methyl sites for hydroxylation is 1. The van der Waals surface area contributed by atoms with E-state index < -0.39 is 5.97 Å². The minimum absolute atomic E-state index is 0.0577. The molecule has 0 bridgehead atoms. The van der Waals surface area contributed by atoms with E-state index in [0.29, 0.717) is 31.0 Å². The summed E-state index contributed by atoms with van der Waals surface area (Å²) in [4.78, 5) is 29.4. The van der Waals surface area contributed by atoms with Gasteiger partial charge in [-0.2, -0.15) is 0 Å². The van der Waals surface area contributed by atoms with Gasteiger partial charge in [-0.05, 0) is 50.9 Å². The number of carbonyl (C=O) groups excluding carboxylic acids is 1. The van der Waals surface area contributed by atoms with Gasteiger partial charge in [-0.25, -0.2) is 4.79 Å². The van der Waals surface area contributed by atoms with Gasteiger partial charge in [0.05, 0.1) is 5.56 Å². The molecule has 23 heavy (non-hydrogen) atoms. The summed E-state index contributed by atoms with van der Waals surface area (Å²) in [6.07, 6.45) is 5.58. The van der Waals surface area contributed by atoms with Crippen molar-refractivity contribution in [3.05, 3.63) is 29.6 Å². The topological polar surface area (TPSA) is 82.5 Å². The van der Waals surface area contributed by atoms with Crippen molar-refractivity contribution < 1.29 is 14.7 Å². The molecule has 1 aliphatic heterocycles. The standard InChI is InChI=1S/C17H25N3O3/c1-2-20-10-4-6-15(20)12-19-16(21)7-3-5-14-11-13(17(22)23)8-9-18-14/h8-9,11,15H,2-7,10,12H2,1H3,(H,19,21)(H,22,23). The van der Waals surface area contributed by atoms with Crippen molar-refractivity contribution in [1.29, 1.82) is 0 Å². The molecule has 1 saturated heterocycles. The van der Waals surface area contributed by atoms with Crippen LogP contribution in [0.2, 0.25) is 0 Å². The maximum atomic E-state index is 11.9. The summed E-state index contributed by atoms with van der Waals surface area (Å²) in [5, 5.41) is 12.0. The van der Waals surface area contributed by atoms with Crippen molar-refractivity contribution >= 4 is 11.9 Å². The molecule has 6 nitrogen and oxygen atoms in total. The first-order valence-electron chi connectivity index (χ1n) is 8.29. The Hall–Kier alpha value is -1.95. The molecule has 2 N–H and O–H groups in total. The Balaban J connectivity index is 1.68. The van der Waals surface area contributed by atoms with Crippen molar-refractivity contribution in [2.75, 3.05) is 19.6 Å². The zero-order valence-corrected chi connectivity index (χ0v) is 13.6. The Morgan fingerprint density at radius 2 is 2.30 bits per heavy atom. The molecule has 0 aliphatic carbocycles. The average molecular weight is 319 g/mol. The third-order valence-corrected chi connectivity index (χ3v) is 4.34. The van der Waals surface area contributed by atoms with E-state index in [1.807, 2.05) is 0 Å². The van der Waals surface area contributed by atoms with Gasteiger partial charge in [-0.1, -0.05) is 6.92 Å². The van der Waals surface area contributed by atoms with Crippen molar-refractivity contribution in [2.24, 2.45) is 0 Å². The van der Waals surface area contributed by atoms with Crippen LogP contribution in [-0.2, 0) is 11.2 Å². The fourth-order valence-corrected chi connectivity index (χ4v) is 3.04. The normalized spacial score (nSPS) is 18.0. The highest BCUT2D eigenvalue weighted by molar-refractivity contribution is 5.87. The second-order valence-electron chi connectivity index (χ2n) is 5.92. The van der Waals surface area contributed by atoms with E-state index in [-0.39, 0.29) is 11.5 Å². The summed E-state index contributed by atoms with van der Waals surface area (Å²) < 4.78 is 0. The largest absolute Gasteiger partial charge is 0.478 e. The van der Waals surface area contributed by atoms with Crippen molar-refractivity contribution in [1.82, 2.24) is 15.2 Å². The molecule has 0 saturated carbocycles. The van der Waals surface area contributed by atoms with Crippen LogP contribution in [0.1, 0.15) is 48.7 Å². The molecule has 2 heterocycles. The average Bonchev–Trinajstić information content (AvgIpc) is 3.00. The quantitative estimate of drug-likeness (QED) is 0.762. The van der Waals surface area contributed by atoms with Gasteiger partial charge >= 0.3 is 5.97 Å². The van der Waals surface area contributed by atoms with E-state index >= 15 is 0 Å². The van der Waals surface area contributed by atoms with Crippen molar-refractivity contribution in [3.63, 3.8) is 0 Å². The number of hydrogen-bond acceptors (Lipinski definition) is 4. The summed E-state index contributed by atoms with van der Waals surface area (Å²) in [5.74, 6) is -0.897. The van der Waals surface area contributed by atoms with E-state index in [4.69, 9.17) is 5.11 Å². The molecule has 1 unspecified atom stereocenters. The predicted molar refractivity (Wildman–Crippen MR) is 87.4 cm³/mol. The molecule has 1 aromatic rings. The monoisotopic (exact) mass is 319 g/mol. The lowest BCUT2D eigenvalue weighted by Gasteiger charge is -2.22. The molecule has 126 valence electrons. The van der Waals surface area contributed by atoms with Crippen LogP contribution >= 0.6 is 0 Å². The number of carbonyl (C=O) groups is 2. The number of amides is 1. The number of rotatable bonds is 8. The molecule has 1 atom stereocenters. The van der Waals surface area contributed by atoms with Gasteiger partial charge in [-0.15, -0.1) is 0 Å². The van der Waals surface area contributed by atoms with Gasteiger partial charge in [-0.3, -0.25) is 14.7 Å². The summed E-state index contributed by atoms with van der Waals surface area (Å²) in [5.41, 5.74) is 0.950. The van der Waals surface area contributed by atoms with E-state index in [0.717, 1.165) is 26.1 Å². The summed E-state index contributed by atoms with van der Waals surface area (Å²) >= 11 is 0. The molecule has 1 amide bonds. The van der Waals surface area contributed by atoms with Crippen LogP contribution < -0.4 is 5.32 Å². The molecule has 0 aromatic carbocycles. The molecule has 0 spiro atoms. The maximum Gasteiger partial charge on any atom is 0.335 e. The Morgan fingerprint density at radius 1 is 1.48 bits per heavy atom. The van der Waals surface area contributed by atoms with Crippen LogP contribution in [0.4, 0.5) is 0 Å². The number of aromatic nitrogens is 1. The molecular formula is C17H25N3O3. The lowest BCUT2D eigenvalue weighted by Crippen LogP contribution is -2.39. The summed E-state index contributed by atoms with van der Waals surface area (Å²) in [7, 11) is 0. The second kappa shape index (κ2) is 8.62. The third kappa shape index (κ3) is 5.32. The van der Waals surface area contributed by atoms with E-state index in [1.165, 1.54) is 18.7 Å². The zero-order valence-electron chi connectivity index (χ0n) is 13.6. The summed E-state index contributed by atoms with van der Waals surface area (Å²) in [6, 6.07) is 3.51. The lowest BCUT2D eigenvalue weighted by atomic mass is 10.1. The fraction of sp³-hybridized carbons (Fsp3) is 0.588. The zero-order chi connectivity index (χ0) is 16.7. The van der Waals surface area contributed by atoms with Crippen LogP contribution in [0.3, 0.4) is 0 Å². The van der Waals surface area contributed by atoms with Gasteiger partial charge < -0.3 is 10.4 Å². The third-order valence-electron chi connectivity index (χ3n) is 4.34. The van der Waals surface area contributed by atoms with Crippen LogP contribution in [0, 0.1) is 0 Å². The maximum absolute atomic E-state index is 11.9. The van der Waals surface area contributed by atoms with Crippen LogP contribution in [0.15, 0.2) is 18.3 Å². The molecule has 0 radical (unpaired) electrons. The van der Waals surface area contributed by atoms with Gasteiger partial charge in [0, 0.05) is 30.9 Å². The number of carboxylic acids is 1. The number of nitrogens with one attached hydrogen (secondary N) is 1. The molecule has 6 heteroatoms. The molecule has 2 rings (SSSR count). The van der Waals surface area contributed by atoms with Crippen molar-refractivity contribution in [2.45, 2.75) is 45.1 Å². The first-order chi connectivity index (χ1) is 11.1. The molecule has 1 aliphatic rings.